The molecule has 7 nitrogen and oxygen atoms in total. The quantitative estimate of drug-likeness (QED) is 0.912. The van der Waals surface area contributed by atoms with Crippen molar-refractivity contribution < 1.29 is 4.21 Å². The summed E-state index contributed by atoms with van der Waals surface area (Å²) in [6.07, 6.45) is 0. The number of rotatable bonds is 2. The van der Waals surface area contributed by atoms with E-state index in [1.54, 1.807) is 10.9 Å². The van der Waals surface area contributed by atoms with Crippen molar-refractivity contribution in [2.24, 2.45) is 0 Å². The lowest BCUT2D eigenvalue weighted by Gasteiger charge is -2.31. The molecule has 1 aliphatic rings. The second kappa shape index (κ2) is 5.05. The summed E-state index contributed by atoms with van der Waals surface area (Å²) in [6.45, 7) is 7.11. The normalized spacial score (nSPS) is 21.7. The molecule has 3 rings (SSSR count). The minimum absolute atomic E-state index is 0.208. The Balaban J connectivity index is 1.90. The summed E-state index contributed by atoms with van der Waals surface area (Å²) in [5, 5.41) is 12.6. The van der Waals surface area contributed by atoms with Crippen molar-refractivity contribution in [3.8, 4) is 0 Å². The van der Waals surface area contributed by atoms with Gasteiger partial charge >= 0.3 is 0 Å². The minimum atomic E-state index is -2.69. The number of nitrogens with one attached hydrogen (secondary N) is 1. The summed E-state index contributed by atoms with van der Waals surface area (Å²) in [7, 11) is -2.69. The van der Waals surface area contributed by atoms with Gasteiger partial charge in [0.15, 0.2) is 5.82 Å². The highest BCUT2D eigenvalue weighted by atomic mass is 32.2. The number of hydrogen-bond acceptors (Lipinski definition) is 6. The van der Waals surface area contributed by atoms with Gasteiger partial charge in [0.25, 0.3) is 0 Å². The van der Waals surface area contributed by atoms with Gasteiger partial charge in [0.1, 0.15) is 0 Å². The summed E-state index contributed by atoms with van der Waals surface area (Å²) in [5.74, 6) is 0.959. The lowest BCUT2D eigenvalue weighted by atomic mass is 10.1. The molecule has 0 amide bonds. The van der Waals surface area contributed by atoms with Crippen LogP contribution in [0, 0.1) is 4.78 Å². The monoisotopic (exact) mass is 320 g/mol. The maximum atomic E-state index is 12.4. The van der Waals surface area contributed by atoms with Gasteiger partial charge in [-0.15, -0.1) is 10.2 Å². The van der Waals surface area contributed by atoms with Crippen molar-refractivity contribution in [2.75, 3.05) is 17.2 Å². The van der Waals surface area contributed by atoms with Gasteiger partial charge in [0.05, 0.1) is 38.1 Å². The highest BCUT2D eigenvalue weighted by molar-refractivity contribution is 7.92. The predicted octanol–water partition coefficient (Wildman–Crippen LogP) is 1.85. The zero-order chi connectivity index (χ0) is 16.0. The Bertz CT molecular complexity index is 790. The molecule has 1 unspecified atom stereocenters. The Labute approximate surface area is 130 Å². The molecule has 0 bridgehead atoms. The largest absolute Gasteiger partial charge is 0.362 e. The van der Waals surface area contributed by atoms with Gasteiger partial charge in [-0.1, -0.05) is 12.1 Å². The molecule has 0 saturated carbocycles. The molecule has 0 saturated heterocycles. The van der Waals surface area contributed by atoms with Crippen LogP contribution >= 0.6 is 0 Å². The lowest BCUT2D eigenvalue weighted by Crippen LogP contribution is -2.34. The average molecular weight is 320 g/mol. The molecule has 0 spiro atoms. The summed E-state index contributed by atoms with van der Waals surface area (Å²) in [5.41, 5.74) is 0.626. The fraction of sp³-hybridized carbons (Fsp3) is 0.500. The highest BCUT2D eigenvalue weighted by Gasteiger charge is 2.26. The van der Waals surface area contributed by atoms with E-state index in [1.165, 1.54) is 0 Å². The lowest BCUT2D eigenvalue weighted by molar-refractivity contribution is 0.305. The Morgan fingerprint density at radius 1 is 1.32 bits per heavy atom. The third-order valence-corrected chi connectivity index (χ3v) is 5.41. The molecule has 1 N–H and O–H groups in total. The number of anilines is 1. The first-order valence-corrected chi connectivity index (χ1v) is 8.90. The summed E-state index contributed by atoms with van der Waals surface area (Å²) in [4.78, 5) is 4.27. The van der Waals surface area contributed by atoms with Crippen LogP contribution in [0.5, 0.6) is 0 Å². The zero-order valence-electron chi connectivity index (χ0n) is 13.0. The second-order valence-corrected chi connectivity index (χ2v) is 8.63. The molecule has 8 heteroatoms. The first-order valence-electron chi connectivity index (χ1n) is 7.17. The predicted molar refractivity (Wildman–Crippen MR) is 84.3 cm³/mol. The summed E-state index contributed by atoms with van der Waals surface area (Å²) >= 11 is 0. The fourth-order valence-corrected chi connectivity index (χ4v) is 3.92. The number of fused-ring (bicyclic) bond motifs is 1. The molecule has 1 aliphatic heterocycles. The van der Waals surface area contributed by atoms with Crippen LogP contribution in [0.3, 0.4) is 0 Å². The molecule has 0 radical (unpaired) electrons. The molecule has 118 valence electrons. The maximum absolute atomic E-state index is 12.4. The minimum Gasteiger partial charge on any atom is -0.362 e. The van der Waals surface area contributed by atoms with Crippen LogP contribution in [0.25, 0.3) is 0 Å². The number of hydrogen-bond donors (Lipinski definition) is 1. The SMILES string of the molecule is CC(C)(C)n1nnc(CN2CCS(=N)(=O)c3ccccc32)n1. The van der Waals surface area contributed by atoms with Crippen molar-refractivity contribution >= 4 is 15.4 Å². The molecule has 1 atom stereocenters. The molecular formula is C14H20N6OS. The van der Waals surface area contributed by atoms with E-state index in [4.69, 9.17) is 4.78 Å². The van der Waals surface area contributed by atoms with Crippen LogP contribution in [-0.4, -0.2) is 36.7 Å². The van der Waals surface area contributed by atoms with E-state index in [2.05, 4.69) is 20.3 Å². The van der Waals surface area contributed by atoms with E-state index in [0.717, 1.165) is 5.69 Å². The highest BCUT2D eigenvalue weighted by Crippen LogP contribution is 2.31. The van der Waals surface area contributed by atoms with Crippen LogP contribution in [0.2, 0.25) is 0 Å². The van der Waals surface area contributed by atoms with Gasteiger partial charge in [-0.2, -0.15) is 4.80 Å². The number of tetrazole rings is 1. The van der Waals surface area contributed by atoms with Gasteiger partial charge in [-0.05, 0) is 38.1 Å². The summed E-state index contributed by atoms with van der Waals surface area (Å²) in [6, 6.07) is 7.39. The topological polar surface area (TPSA) is 87.8 Å². The first kappa shape index (κ1) is 15.0. The van der Waals surface area contributed by atoms with E-state index in [9.17, 15) is 4.21 Å². The van der Waals surface area contributed by atoms with Crippen LogP contribution in [-0.2, 0) is 21.8 Å². The number of para-hydroxylation sites is 1. The number of nitrogens with zero attached hydrogens (tertiary/aromatic N) is 5. The Morgan fingerprint density at radius 2 is 2.05 bits per heavy atom. The van der Waals surface area contributed by atoms with Gasteiger partial charge in [-0.25, -0.2) is 8.99 Å². The maximum Gasteiger partial charge on any atom is 0.194 e. The molecule has 2 aromatic rings. The number of aromatic nitrogens is 4. The average Bonchev–Trinajstić information content (AvgIpc) is 2.91. The van der Waals surface area contributed by atoms with E-state index in [-0.39, 0.29) is 5.54 Å². The van der Waals surface area contributed by atoms with Crippen molar-refractivity contribution in [3.63, 3.8) is 0 Å². The van der Waals surface area contributed by atoms with Crippen molar-refractivity contribution in [3.05, 3.63) is 30.1 Å². The first-order chi connectivity index (χ1) is 10.3. The Morgan fingerprint density at radius 3 is 2.73 bits per heavy atom. The van der Waals surface area contributed by atoms with Crippen molar-refractivity contribution in [1.82, 2.24) is 20.2 Å². The van der Waals surface area contributed by atoms with Crippen molar-refractivity contribution in [2.45, 2.75) is 37.8 Å². The molecule has 1 aromatic carbocycles. The van der Waals surface area contributed by atoms with E-state index in [0.29, 0.717) is 29.6 Å². The van der Waals surface area contributed by atoms with Gasteiger partial charge < -0.3 is 4.90 Å². The molecule has 22 heavy (non-hydrogen) atoms. The van der Waals surface area contributed by atoms with E-state index in [1.807, 2.05) is 39.0 Å². The third-order valence-electron chi connectivity index (χ3n) is 3.60. The van der Waals surface area contributed by atoms with Crippen LogP contribution < -0.4 is 4.90 Å². The Kier molecular flexibility index (Phi) is 3.43. The molecule has 1 aromatic heterocycles. The smallest absolute Gasteiger partial charge is 0.194 e. The van der Waals surface area contributed by atoms with Crippen molar-refractivity contribution in [1.29, 1.82) is 4.78 Å². The van der Waals surface area contributed by atoms with E-state index >= 15 is 0 Å². The van der Waals surface area contributed by atoms with Crippen LogP contribution in [0.4, 0.5) is 5.69 Å². The third kappa shape index (κ3) is 2.70. The van der Waals surface area contributed by atoms with Crippen LogP contribution in [0.1, 0.15) is 26.6 Å². The molecule has 0 fully saturated rings. The Hall–Kier alpha value is -1.96. The van der Waals surface area contributed by atoms with Crippen LogP contribution in [0.15, 0.2) is 29.2 Å². The molecule has 0 aliphatic carbocycles. The zero-order valence-corrected chi connectivity index (χ0v) is 13.8. The molecular weight excluding hydrogens is 300 g/mol. The fourth-order valence-electron chi connectivity index (χ4n) is 2.39. The molecule has 2 heterocycles. The number of benzene rings is 1. The van der Waals surface area contributed by atoms with Gasteiger partial charge in [0.2, 0.25) is 0 Å². The van der Waals surface area contributed by atoms with Gasteiger partial charge in [0, 0.05) is 6.54 Å². The van der Waals surface area contributed by atoms with E-state index < -0.39 is 9.73 Å². The van der Waals surface area contributed by atoms with Gasteiger partial charge in [-0.3, -0.25) is 0 Å². The second-order valence-electron chi connectivity index (χ2n) is 6.43. The summed E-state index contributed by atoms with van der Waals surface area (Å²) < 4.78 is 20.4. The standard InChI is InChI=1S/C14H20N6OS/c1-14(2,3)20-17-13(16-18-20)10-19-8-9-22(15,21)12-7-5-4-6-11(12)19/h4-7,15H,8-10H2,1-3H3.